The molecule has 1 heterocycles. The molecule has 1 aliphatic heterocycles. The van der Waals surface area contributed by atoms with Gasteiger partial charge >= 0.3 is 0 Å². The van der Waals surface area contributed by atoms with Gasteiger partial charge in [-0.2, -0.15) is 0 Å². The van der Waals surface area contributed by atoms with Crippen LogP contribution in [0, 0.1) is 0 Å². The lowest BCUT2D eigenvalue weighted by Gasteiger charge is -2.35. The molecule has 0 spiro atoms. The van der Waals surface area contributed by atoms with Crippen LogP contribution in [0.25, 0.3) is 0 Å². The molecule has 0 bridgehead atoms. The van der Waals surface area contributed by atoms with Crippen LogP contribution in [0.2, 0.25) is 0 Å². The lowest BCUT2D eigenvalue weighted by atomic mass is 10.3. The summed E-state index contributed by atoms with van der Waals surface area (Å²) < 4.78 is 5.02. The van der Waals surface area contributed by atoms with E-state index in [1.807, 2.05) is 0 Å². The highest BCUT2D eigenvalue weighted by molar-refractivity contribution is 6.04. The molecule has 0 aromatic heterocycles. The molecular weight excluding hydrogens is 88.9 g/mol. The van der Waals surface area contributed by atoms with E-state index in [0.29, 0.717) is 0 Å². The summed E-state index contributed by atoms with van der Waals surface area (Å²) in [4.78, 5) is 1.77. The topological polar surface area (TPSA) is 12.5 Å². The van der Waals surface area contributed by atoms with Crippen molar-refractivity contribution >= 4 is 7.98 Å². The summed E-state index contributed by atoms with van der Waals surface area (Å²) in [5.41, 5.74) is 0. The van der Waals surface area contributed by atoms with Crippen molar-refractivity contribution in [3.63, 3.8) is 0 Å². The average molecular weight is 96.9 g/mol. The Morgan fingerprint density at radius 2 is 1.86 bits per heavy atom. The van der Waals surface area contributed by atoms with E-state index in [1.54, 1.807) is 4.81 Å². The normalized spacial score (nSPS) is 25.3. The van der Waals surface area contributed by atoms with Gasteiger partial charge in [0.1, 0.15) is 0 Å². The molecule has 3 radical (unpaired) electrons. The molecule has 0 saturated carbocycles. The standard InChI is InChI=1S/C4H8BNO/c5-6-1-3-7-4-2-6/h1-4H2/q-1. The molecule has 0 unspecified atom stereocenters. The van der Waals surface area contributed by atoms with Crippen LogP contribution in [0.5, 0.6) is 0 Å². The van der Waals surface area contributed by atoms with Crippen LogP contribution in [0.4, 0.5) is 0 Å². The lowest BCUT2D eigenvalue weighted by Crippen LogP contribution is -2.33. The third-order valence-electron chi connectivity index (χ3n) is 1.05. The number of rotatable bonds is 0. The molecular formula is C4H8BNO-. The molecule has 3 heteroatoms. The number of hydrogen-bond donors (Lipinski definition) is 0. The van der Waals surface area contributed by atoms with Crippen molar-refractivity contribution in [2.45, 2.75) is 0 Å². The van der Waals surface area contributed by atoms with Gasteiger partial charge < -0.3 is 17.5 Å². The van der Waals surface area contributed by atoms with Gasteiger partial charge in [-0.15, -0.1) is 0 Å². The molecule has 39 valence electrons. The summed E-state index contributed by atoms with van der Waals surface area (Å²) in [6, 6.07) is 0. The van der Waals surface area contributed by atoms with Crippen molar-refractivity contribution in [2.75, 3.05) is 26.3 Å². The van der Waals surface area contributed by atoms with E-state index in [4.69, 9.17) is 12.7 Å². The second-order valence-corrected chi connectivity index (χ2v) is 1.65. The zero-order valence-electron chi connectivity index (χ0n) is 4.26. The fourth-order valence-corrected chi connectivity index (χ4v) is 0.577. The molecule has 0 atom stereocenters. The molecule has 1 aliphatic rings. The average Bonchev–Trinajstić information content (AvgIpc) is 1.69. The van der Waals surface area contributed by atoms with Crippen LogP contribution in [0.3, 0.4) is 0 Å². The minimum absolute atomic E-state index is 0.788. The molecule has 1 rings (SSSR count). The molecule has 0 amide bonds. The Morgan fingerprint density at radius 1 is 1.29 bits per heavy atom. The third kappa shape index (κ3) is 1.49. The molecule has 2 nitrogen and oxygen atoms in total. The van der Waals surface area contributed by atoms with Crippen LogP contribution >= 0.6 is 0 Å². The molecule has 0 aromatic rings. The maximum absolute atomic E-state index is 5.39. The van der Waals surface area contributed by atoms with Crippen LogP contribution in [0.15, 0.2) is 0 Å². The quantitative estimate of drug-likeness (QED) is 0.374. The van der Waals surface area contributed by atoms with E-state index < -0.39 is 0 Å². The number of nitrogens with zero attached hydrogens (tertiary/aromatic N) is 1. The van der Waals surface area contributed by atoms with Crippen LogP contribution in [0.1, 0.15) is 0 Å². The fourth-order valence-electron chi connectivity index (χ4n) is 0.577. The summed E-state index contributed by atoms with van der Waals surface area (Å²) in [6.07, 6.45) is 0. The van der Waals surface area contributed by atoms with E-state index in [-0.39, 0.29) is 0 Å². The van der Waals surface area contributed by atoms with Gasteiger partial charge in [0, 0.05) is 0 Å². The summed E-state index contributed by atoms with van der Waals surface area (Å²) >= 11 is 0. The van der Waals surface area contributed by atoms with Crippen molar-refractivity contribution in [3.8, 4) is 0 Å². The summed E-state index contributed by atoms with van der Waals surface area (Å²) in [7, 11) is 5.39. The fraction of sp³-hybridized carbons (Fsp3) is 1.00. The van der Waals surface area contributed by atoms with Crippen molar-refractivity contribution in [2.24, 2.45) is 0 Å². The Kier molecular flexibility index (Phi) is 1.71. The first-order valence-electron chi connectivity index (χ1n) is 2.47. The molecule has 0 N–H and O–H groups in total. The molecule has 7 heavy (non-hydrogen) atoms. The van der Waals surface area contributed by atoms with E-state index in [1.165, 1.54) is 0 Å². The minimum atomic E-state index is 0.788. The first kappa shape index (κ1) is 5.13. The minimum Gasteiger partial charge on any atom is -0.577 e. The number of morpholine rings is 1. The zero-order valence-corrected chi connectivity index (χ0v) is 4.26. The number of ether oxygens (including phenoxy) is 1. The Labute approximate surface area is 44.9 Å². The van der Waals surface area contributed by atoms with Crippen molar-refractivity contribution in [1.29, 1.82) is 0 Å². The maximum Gasteiger partial charge on any atom is 0.0558 e. The highest BCUT2D eigenvalue weighted by Gasteiger charge is 1.93. The first-order chi connectivity index (χ1) is 3.39. The Morgan fingerprint density at radius 3 is 2.14 bits per heavy atom. The van der Waals surface area contributed by atoms with Gasteiger partial charge in [-0.1, -0.05) is 0 Å². The summed E-state index contributed by atoms with van der Waals surface area (Å²) in [5, 5.41) is 0. The maximum atomic E-state index is 5.39. The van der Waals surface area contributed by atoms with E-state index in [9.17, 15) is 0 Å². The monoisotopic (exact) mass is 97.1 g/mol. The van der Waals surface area contributed by atoms with Crippen LogP contribution in [-0.2, 0) is 4.74 Å². The van der Waals surface area contributed by atoms with Gasteiger partial charge in [0.25, 0.3) is 0 Å². The molecule has 1 fully saturated rings. The SMILES string of the molecule is [B-]N1CCOCC1. The van der Waals surface area contributed by atoms with Crippen molar-refractivity contribution in [1.82, 2.24) is 4.81 Å². The highest BCUT2D eigenvalue weighted by atomic mass is 16.5. The van der Waals surface area contributed by atoms with Crippen molar-refractivity contribution in [3.05, 3.63) is 0 Å². The highest BCUT2D eigenvalue weighted by Crippen LogP contribution is 1.88. The second kappa shape index (κ2) is 2.33. The van der Waals surface area contributed by atoms with Crippen LogP contribution < -0.4 is 0 Å². The van der Waals surface area contributed by atoms with E-state index in [2.05, 4.69) is 0 Å². The number of hydrogen-bond acceptors (Lipinski definition) is 2. The van der Waals surface area contributed by atoms with E-state index in [0.717, 1.165) is 26.3 Å². The molecule has 1 saturated heterocycles. The van der Waals surface area contributed by atoms with Gasteiger partial charge in [0.05, 0.1) is 13.2 Å². The lowest BCUT2D eigenvalue weighted by molar-refractivity contribution is 0.0739. The smallest absolute Gasteiger partial charge is 0.0558 e. The molecule has 0 aromatic carbocycles. The third-order valence-corrected chi connectivity index (χ3v) is 1.05. The first-order valence-corrected chi connectivity index (χ1v) is 2.47. The van der Waals surface area contributed by atoms with Gasteiger partial charge in [-0.25, -0.2) is 0 Å². The predicted molar refractivity (Wildman–Crippen MR) is 28.1 cm³/mol. The summed E-state index contributed by atoms with van der Waals surface area (Å²) in [6.45, 7) is 3.33. The Balaban J connectivity index is 2.12. The van der Waals surface area contributed by atoms with Gasteiger partial charge in [0.2, 0.25) is 0 Å². The van der Waals surface area contributed by atoms with Gasteiger partial charge in [0.15, 0.2) is 0 Å². The van der Waals surface area contributed by atoms with E-state index >= 15 is 0 Å². The second-order valence-electron chi connectivity index (χ2n) is 1.65. The van der Waals surface area contributed by atoms with Gasteiger partial charge in [-0.05, 0) is 13.1 Å². The Bertz CT molecular complexity index is 53.7. The Hall–Kier alpha value is -0.0151. The summed E-state index contributed by atoms with van der Waals surface area (Å²) in [5.74, 6) is 0. The van der Waals surface area contributed by atoms with Gasteiger partial charge in [-0.3, -0.25) is 0 Å². The zero-order chi connectivity index (χ0) is 5.11. The van der Waals surface area contributed by atoms with Crippen LogP contribution in [-0.4, -0.2) is 39.1 Å². The predicted octanol–water partition coefficient (Wildman–Crippen LogP) is -0.598. The molecule has 0 aliphatic carbocycles. The largest absolute Gasteiger partial charge is 0.577 e. The van der Waals surface area contributed by atoms with Crippen molar-refractivity contribution < 1.29 is 4.74 Å².